The van der Waals surface area contributed by atoms with Crippen LogP contribution in [0.15, 0.2) is 39.0 Å². The van der Waals surface area contributed by atoms with Gasteiger partial charge in [-0.05, 0) is 6.42 Å². The van der Waals surface area contributed by atoms with Crippen LogP contribution in [0.5, 0.6) is 0 Å². The van der Waals surface area contributed by atoms with Gasteiger partial charge in [-0.2, -0.15) is 10.2 Å². The van der Waals surface area contributed by atoms with Crippen LogP contribution in [0.1, 0.15) is 27.2 Å². The van der Waals surface area contributed by atoms with E-state index in [1.54, 1.807) is 19.5 Å². The lowest BCUT2D eigenvalue weighted by atomic mass is 10.1. The molecule has 0 amide bonds. The molecule has 0 radical (unpaired) electrons. The summed E-state index contributed by atoms with van der Waals surface area (Å²) < 4.78 is 0. The van der Waals surface area contributed by atoms with Gasteiger partial charge in [0.1, 0.15) is 0 Å². The first-order chi connectivity index (χ1) is 7.38. The minimum absolute atomic E-state index is 0.871. The molecule has 0 spiro atoms. The van der Waals surface area contributed by atoms with E-state index < -0.39 is 0 Å². The smallest absolute Gasteiger partial charge is 0.0860 e. The van der Waals surface area contributed by atoms with Crippen LogP contribution in [0.2, 0.25) is 0 Å². The van der Waals surface area contributed by atoms with Crippen LogP contribution in [-0.4, -0.2) is 25.2 Å². The SMILES string of the molecule is CC.CC/C=C\C=C1\C=NN=CC1=NC. The summed E-state index contributed by atoms with van der Waals surface area (Å²) in [5.41, 5.74) is 1.87. The van der Waals surface area contributed by atoms with Gasteiger partial charge in [0.05, 0.1) is 18.1 Å². The summed E-state index contributed by atoms with van der Waals surface area (Å²) in [5.74, 6) is 0. The third-order valence-electron chi connectivity index (χ3n) is 1.63. The predicted octanol–water partition coefficient (Wildman–Crippen LogP) is 3.05. The van der Waals surface area contributed by atoms with Crippen LogP contribution in [-0.2, 0) is 0 Å². The Balaban J connectivity index is 0.000000921. The summed E-state index contributed by atoms with van der Waals surface area (Å²) in [5, 5.41) is 7.55. The lowest BCUT2D eigenvalue weighted by molar-refractivity contribution is 1.22. The molecule has 82 valence electrons. The van der Waals surface area contributed by atoms with Crippen molar-refractivity contribution in [3.8, 4) is 0 Å². The van der Waals surface area contributed by atoms with Gasteiger partial charge < -0.3 is 0 Å². The van der Waals surface area contributed by atoms with E-state index >= 15 is 0 Å². The van der Waals surface area contributed by atoms with Crippen LogP contribution in [0, 0.1) is 0 Å². The average molecular weight is 205 g/mol. The molecule has 15 heavy (non-hydrogen) atoms. The van der Waals surface area contributed by atoms with Crippen LogP contribution >= 0.6 is 0 Å². The molecule has 0 unspecified atom stereocenters. The number of aliphatic imine (C=N–C) groups is 1. The van der Waals surface area contributed by atoms with Crippen LogP contribution in [0.3, 0.4) is 0 Å². The summed E-state index contributed by atoms with van der Waals surface area (Å²) in [6, 6.07) is 0. The second-order valence-corrected chi connectivity index (χ2v) is 2.56. The normalized spacial score (nSPS) is 19.7. The standard InChI is InChI=1S/C10H13N3.C2H6/c1-3-4-5-6-9-7-12-13-8-10(9)11-2;1-2/h4-8H,3H2,1-2H3;1-2H3/b5-4-,9-6-,11-10?;. The van der Waals surface area contributed by atoms with E-state index in [1.165, 1.54) is 0 Å². The van der Waals surface area contributed by atoms with Gasteiger partial charge in [0.15, 0.2) is 0 Å². The minimum Gasteiger partial charge on any atom is -0.286 e. The summed E-state index contributed by atoms with van der Waals surface area (Å²) in [6.45, 7) is 6.10. The molecule has 3 nitrogen and oxygen atoms in total. The first-order valence-corrected chi connectivity index (χ1v) is 5.29. The fourth-order valence-corrected chi connectivity index (χ4v) is 0.947. The van der Waals surface area contributed by atoms with Crippen molar-refractivity contribution >= 4 is 18.1 Å². The molecule has 0 saturated carbocycles. The number of nitrogens with zero attached hydrogens (tertiary/aromatic N) is 3. The molecule has 1 rings (SSSR count). The molecule has 0 aromatic heterocycles. The predicted molar refractivity (Wildman–Crippen MR) is 69.2 cm³/mol. The van der Waals surface area contributed by atoms with Crippen molar-refractivity contribution in [2.24, 2.45) is 15.2 Å². The molecule has 0 aromatic rings. The molecule has 3 heteroatoms. The minimum atomic E-state index is 0.871. The summed E-state index contributed by atoms with van der Waals surface area (Å²) >= 11 is 0. The largest absolute Gasteiger partial charge is 0.286 e. The Morgan fingerprint density at radius 3 is 2.53 bits per heavy atom. The highest BCUT2D eigenvalue weighted by Gasteiger charge is 2.02. The van der Waals surface area contributed by atoms with Crippen molar-refractivity contribution in [3.05, 3.63) is 23.8 Å². The van der Waals surface area contributed by atoms with E-state index in [0.29, 0.717) is 0 Å². The maximum absolute atomic E-state index is 4.08. The van der Waals surface area contributed by atoms with Gasteiger partial charge in [-0.1, -0.05) is 39.0 Å². The van der Waals surface area contributed by atoms with E-state index in [-0.39, 0.29) is 0 Å². The van der Waals surface area contributed by atoms with Crippen molar-refractivity contribution < 1.29 is 0 Å². The second kappa shape index (κ2) is 9.06. The highest BCUT2D eigenvalue weighted by molar-refractivity contribution is 6.44. The Labute approximate surface area is 92.0 Å². The monoisotopic (exact) mass is 205 g/mol. The zero-order valence-electron chi connectivity index (χ0n) is 9.94. The van der Waals surface area contributed by atoms with Crippen molar-refractivity contribution in [2.75, 3.05) is 7.05 Å². The number of allylic oxidation sites excluding steroid dienone is 4. The Bertz CT molecular complexity index is 307. The van der Waals surface area contributed by atoms with Gasteiger partial charge in [-0.15, -0.1) is 0 Å². The quantitative estimate of drug-likeness (QED) is 0.664. The Kier molecular flexibility index (Phi) is 8.15. The molecule has 0 fully saturated rings. The highest BCUT2D eigenvalue weighted by Crippen LogP contribution is 2.00. The van der Waals surface area contributed by atoms with Crippen molar-refractivity contribution in [2.45, 2.75) is 27.2 Å². The van der Waals surface area contributed by atoms with Crippen molar-refractivity contribution in [3.63, 3.8) is 0 Å². The topological polar surface area (TPSA) is 37.1 Å². The summed E-state index contributed by atoms with van der Waals surface area (Å²) in [4.78, 5) is 4.08. The van der Waals surface area contributed by atoms with Crippen LogP contribution in [0.25, 0.3) is 0 Å². The van der Waals surface area contributed by atoms with E-state index in [9.17, 15) is 0 Å². The number of hydrogen-bond acceptors (Lipinski definition) is 3. The molecule has 1 heterocycles. The van der Waals surface area contributed by atoms with Gasteiger partial charge in [-0.3, -0.25) is 4.99 Å². The van der Waals surface area contributed by atoms with Gasteiger partial charge >= 0.3 is 0 Å². The van der Waals surface area contributed by atoms with Gasteiger partial charge in [0.25, 0.3) is 0 Å². The van der Waals surface area contributed by atoms with E-state index in [2.05, 4.69) is 28.2 Å². The molecule has 1 aliphatic rings. The average Bonchev–Trinajstić information content (AvgIpc) is 2.33. The zero-order valence-corrected chi connectivity index (χ0v) is 9.94. The molecule has 0 N–H and O–H groups in total. The molecular weight excluding hydrogens is 186 g/mol. The van der Waals surface area contributed by atoms with Crippen LogP contribution < -0.4 is 0 Å². The fraction of sp³-hybridized carbons (Fsp3) is 0.417. The third-order valence-corrected chi connectivity index (χ3v) is 1.63. The molecule has 0 bridgehead atoms. The van der Waals surface area contributed by atoms with Gasteiger partial charge in [0, 0.05) is 12.6 Å². The highest BCUT2D eigenvalue weighted by atomic mass is 15.2. The molecule has 1 aliphatic heterocycles. The Morgan fingerprint density at radius 1 is 1.27 bits per heavy atom. The fourth-order valence-electron chi connectivity index (χ4n) is 0.947. The third kappa shape index (κ3) is 5.05. The number of rotatable bonds is 2. The van der Waals surface area contributed by atoms with Crippen LogP contribution in [0.4, 0.5) is 0 Å². The maximum atomic E-state index is 4.08. The van der Waals surface area contributed by atoms with Gasteiger partial charge in [0.2, 0.25) is 0 Å². The number of hydrogen-bond donors (Lipinski definition) is 0. The molecule has 0 atom stereocenters. The summed E-state index contributed by atoms with van der Waals surface area (Å²) in [6.07, 6.45) is 10.5. The first-order valence-electron chi connectivity index (χ1n) is 5.29. The van der Waals surface area contributed by atoms with Crippen molar-refractivity contribution in [1.29, 1.82) is 0 Å². The van der Waals surface area contributed by atoms with Crippen molar-refractivity contribution in [1.82, 2.24) is 0 Å². The lowest BCUT2D eigenvalue weighted by Crippen LogP contribution is -2.08. The lowest BCUT2D eigenvalue weighted by Gasteiger charge is -2.01. The Morgan fingerprint density at radius 2 is 1.93 bits per heavy atom. The van der Waals surface area contributed by atoms with Gasteiger partial charge in [-0.25, -0.2) is 0 Å². The van der Waals surface area contributed by atoms with E-state index in [1.807, 2.05) is 26.0 Å². The molecule has 0 aliphatic carbocycles. The first kappa shape index (κ1) is 13.5. The maximum Gasteiger partial charge on any atom is 0.0860 e. The second-order valence-electron chi connectivity index (χ2n) is 2.56. The zero-order chi connectivity index (χ0) is 11.5. The van der Waals surface area contributed by atoms with E-state index in [4.69, 9.17) is 0 Å². The molecular formula is C12H19N3. The Hall–Kier alpha value is -1.51. The molecule has 0 saturated heterocycles. The molecule has 0 aromatic carbocycles. The summed E-state index contributed by atoms with van der Waals surface area (Å²) in [7, 11) is 1.75. The van der Waals surface area contributed by atoms with E-state index in [0.717, 1.165) is 17.7 Å².